The summed E-state index contributed by atoms with van der Waals surface area (Å²) in [6.07, 6.45) is 1.01. The molecule has 22 heavy (non-hydrogen) atoms. The van der Waals surface area contributed by atoms with Crippen LogP contribution in [0.1, 0.15) is 10.4 Å². The number of hydrogen-bond acceptors (Lipinski definition) is 3. The van der Waals surface area contributed by atoms with Gasteiger partial charge in [-0.15, -0.1) is 11.3 Å². The van der Waals surface area contributed by atoms with E-state index in [1.54, 1.807) is 14.2 Å². The number of thiophene rings is 1. The van der Waals surface area contributed by atoms with Crippen molar-refractivity contribution in [3.05, 3.63) is 49.7 Å². The second-order valence-corrected chi connectivity index (χ2v) is 7.72. The highest BCUT2D eigenvalue weighted by Gasteiger charge is 2.01. The maximum Gasteiger partial charge on any atom is 0.191 e. The summed E-state index contributed by atoms with van der Waals surface area (Å²) in [5, 5.41) is 6.65. The Bertz CT molecular complexity index is 610. The zero-order chi connectivity index (χ0) is 15.8. The molecule has 2 rings (SSSR count). The number of halogens is 1. The Morgan fingerprint density at radius 3 is 2.55 bits per heavy atom. The van der Waals surface area contributed by atoms with E-state index in [1.165, 1.54) is 13.3 Å². The molecule has 1 aromatic heterocycles. The maximum atomic E-state index is 5.16. The van der Waals surface area contributed by atoms with Gasteiger partial charge in [0.1, 0.15) is 5.75 Å². The van der Waals surface area contributed by atoms with Crippen LogP contribution in [0, 0.1) is 2.88 Å². The number of methoxy groups -OCH3 is 1. The maximum absolute atomic E-state index is 5.16. The summed E-state index contributed by atoms with van der Waals surface area (Å²) in [4.78, 5) is 5.64. The van der Waals surface area contributed by atoms with Gasteiger partial charge in [0.2, 0.25) is 0 Å². The van der Waals surface area contributed by atoms with Gasteiger partial charge >= 0.3 is 0 Å². The summed E-state index contributed by atoms with van der Waals surface area (Å²) < 4.78 is 6.49. The molecule has 1 heterocycles. The Morgan fingerprint density at radius 2 is 1.95 bits per heavy atom. The van der Waals surface area contributed by atoms with E-state index in [1.807, 2.05) is 35.6 Å². The van der Waals surface area contributed by atoms with Gasteiger partial charge in [-0.2, -0.15) is 0 Å². The number of aliphatic imine (C=N–C) groups is 1. The van der Waals surface area contributed by atoms with Crippen LogP contribution in [-0.4, -0.2) is 26.7 Å². The van der Waals surface area contributed by atoms with Crippen LogP contribution in [0.5, 0.6) is 5.75 Å². The predicted molar refractivity (Wildman–Crippen MR) is 102 cm³/mol. The van der Waals surface area contributed by atoms with Crippen molar-refractivity contribution in [2.75, 3.05) is 20.7 Å². The number of ether oxygens (including phenoxy) is 1. The van der Waals surface area contributed by atoms with Gasteiger partial charge in [-0.3, -0.25) is 4.99 Å². The van der Waals surface area contributed by atoms with Crippen LogP contribution in [0.3, 0.4) is 0 Å². The minimum absolute atomic E-state index is 0.737. The molecule has 6 heteroatoms. The second kappa shape index (κ2) is 8.99. The van der Waals surface area contributed by atoms with Crippen LogP contribution in [-0.2, 0) is 13.0 Å². The lowest BCUT2D eigenvalue weighted by atomic mass is 10.2. The average Bonchev–Trinajstić information content (AvgIpc) is 2.96. The first-order chi connectivity index (χ1) is 10.7. The van der Waals surface area contributed by atoms with E-state index in [0.29, 0.717) is 0 Å². The van der Waals surface area contributed by atoms with Crippen molar-refractivity contribution in [3.8, 4) is 5.75 Å². The molecule has 118 valence electrons. The van der Waals surface area contributed by atoms with Crippen molar-refractivity contribution in [1.82, 2.24) is 10.6 Å². The van der Waals surface area contributed by atoms with Crippen LogP contribution in [0.4, 0.5) is 0 Å². The summed E-state index contributed by atoms with van der Waals surface area (Å²) in [6.45, 7) is 1.61. The molecule has 0 saturated carbocycles. The molecule has 0 unspecified atom stereocenters. The standard InChI is InChI=1S/C16H20IN3OS/c1-18-16(19-10-9-14-7-8-15(17)22-14)20-11-12-3-5-13(21-2)6-4-12/h3-8H,9-11H2,1-2H3,(H2,18,19,20). The van der Waals surface area contributed by atoms with Gasteiger partial charge in [-0.25, -0.2) is 0 Å². The highest BCUT2D eigenvalue weighted by Crippen LogP contribution is 2.18. The zero-order valence-corrected chi connectivity index (χ0v) is 15.7. The first-order valence-electron chi connectivity index (χ1n) is 7.03. The summed E-state index contributed by atoms with van der Waals surface area (Å²) in [5.74, 6) is 1.69. The zero-order valence-electron chi connectivity index (χ0n) is 12.7. The minimum atomic E-state index is 0.737. The van der Waals surface area contributed by atoms with Gasteiger partial charge in [0, 0.05) is 25.0 Å². The fraction of sp³-hybridized carbons (Fsp3) is 0.312. The molecular weight excluding hydrogens is 409 g/mol. The van der Waals surface area contributed by atoms with Crippen LogP contribution in [0.25, 0.3) is 0 Å². The van der Waals surface area contributed by atoms with Crippen molar-refractivity contribution in [2.45, 2.75) is 13.0 Å². The van der Waals surface area contributed by atoms with Gasteiger partial charge in [0.25, 0.3) is 0 Å². The van der Waals surface area contributed by atoms with E-state index < -0.39 is 0 Å². The van der Waals surface area contributed by atoms with Crippen molar-refractivity contribution in [3.63, 3.8) is 0 Å². The van der Waals surface area contributed by atoms with Crippen molar-refractivity contribution < 1.29 is 4.74 Å². The van der Waals surface area contributed by atoms with Gasteiger partial charge in [0.05, 0.1) is 9.99 Å². The van der Waals surface area contributed by atoms with E-state index in [-0.39, 0.29) is 0 Å². The van der Waals surface area contributed by atoms with Crippen LogP contribution in [0.15, 0.2) is 41.4 Å². The Kier molecular flexibility index (Phi) is 6.98. The number of hydrogen-bond donors (Lipinski definition) is 2. The lowest BCUT2D eigenvalue weighted by Crippen LogP contribution is -2.37. The number of nitrogens with zero attached hydrogens (tertiary/aromatic N) is 1. The Balaban J connectivity index is 1.74. The first-order valence-corrected chi connectivity index (χ1v) is 8.92. The minimum Gasteiger partial charge on any atom is -0.497 e. The van der Waals surface area contributed by atoms with E-state index in [2.05, 4.69) is 50.3 Å². The number of guanidine groups is 1. The Hall–Kier alpha value is -1.28. The molecule has 2 N–H and O–H groups in total. The topological polar surface area (TPSA) is 45.7 Å². The molecule has 0 aliphatic heterocycles. The Labute approximate surface area is 149 Å². The molecule has 0 atom stereocenters. The number of nitrogens with one attached hydrogen (secondary N) is 2. The van der Waals surface area contributed by atoms with Crippen LogP contribution < -0.4 is 15.4 Å². The molecule has 0 radical (unpaired) electrons. The largest absolute Gasteiger partial charge is 0.497 e. The summed E-state index contributed by atoms with van der Waals surface area (Å²) in [7, 11) is 3.46. The highest BCUT2D eigenvalue weighted by atomic mass is 127. The van der Waals surface area contributed by atoms with Gasteiger partial charge in [0.15, 0.2) is 5.96 Å². The van der Waals surface area contributed by atoms with Crippen molar-refractivity contribution in [2.24, 2.45) is 4.99 Å². The molecular formula is C16H20IN3OS. The quantitative estimate of drug-likeness (QED) is 0.421. The Morgan fingerprint density at radius 1 is 1.18 bits per heavy atom. The van der Waals surface area contributed by atoms with E-state index in [0.717, 1.165) is 31.2 Å². The van der Waals surface area contributed by atoms with Crippen molar-refractivity contribution >= 4 is 39.9 Å². The lowest BCUT2D eigenvalue weighted by Gasteiger charge is -2.11. The fourth-order valence-electron chi connectivity index (χ4n) is 1.94. The highest BCUT2D eigenvalue weighted by molar-refractivity contribution is 14.1. The predicted octanol–water partition coefficient (Wildman–Crippen LogP) is 3.27. The first kappa shape index (κ1) is 17.1. The molecule has 2 aromatic rings. The van der Waals surface area contributed by atoms with E-state index in [9.17, 15) is 0 Å². The SMILES string of the molecule is CN=C(NCCc1ccc(I)s1)NCc1ccc(OC)cc1. The number of rotatable bonds is 6. The molecule has 0 amide bonds. The van der Waals surface area contributed by atoms with E-state index in [4.69, 9.17) is 4.74 Å². The van der Waals surface area contributed by atoms with Gasteiger partial charge in [-0.05, 0) is 58.8 Å². The normalized spacial score (nSPS) is 11.3. The molecule has 4 nitrogen and oxygen atoms in total. The van der Waals surface area contributed by atoms with Gasteiger partial charge < -0.3 is 15.4 Å². The third kappa shape index (κ3) is 5.49. The van der Waals surface area contributed by atoms with Crippen molar-refractivity contribution in [1.29, 1.82) is 0 Å². The third-order valence-corrected chi connectivity index (χ3v) is 5.09. The van der Waals surface area contributed by atoms with Crippen LogP contribution >= 0.6 is 33.9 Å². The molecule has 0 aliphatic carbocycles. The third-order valence-electron chi connectivity index (χ3n) is 3.14. The van der Waals surface area contributed by atoms with Gasteiger partial charge in [-0.1, -0.05) is 12.1 Å². The molecule has 0 spiro atoms. The average molecular weight is 429 g/mol. The summed E-state index contributed by atoms with van der Waals surface area (Å²) in [5.41, 5.74) is 1.19. The molecule has 0 fully saturated rings. The second-order valence-electron chi connectivity index (χ2n) is 4.66. The molecule has 0 saturated heterocycles. The molecule has 1 aromatic carbocycles. The smallest absolute Gasteiger partial charge is 0.191 e. The lowest BCUT2D eigenvalue weighted by molar-refractivity contribution is 0.414. The molecule has 0 bridgehead atoms. The summed E-state index contributed by atoms with van der Waals surface area (Å²) >= 11 is 4.19. The van der Waals surface area contributed by atoms with E-state index >= 15 is 0 Å². The number of benzene rings is 1. The monoisotopic (exact) mass is 429 g/mol. The molecule has 0 aliphatic rings. The summed E-state index contributed by atoms with van der Waals surface area (Å²) in [6, 6.07) is 12.4. The fourth-order valence-corrected chi connectivity index (χ4v) is 3.70. The van der Waals surface area contributed by atoms with Crippen LogP contribution in [0.2, 0.25) is 0 Å².